The average Bonchev–Trinajstić information content (AvgIpc) is 2.45. The Kier molecular flexibility index (Phi) is 6.66. The third-order valence-corrected chi connectivity index (χ3v) is 3.03. The summed E-state index contributed by atoms with van der Waals surface area (Å²) >= 11 is 0. The van der Waals surface area contributed by atoms with Crippen molar-refractivity contribution in [2.24, 2.45) is 0 Å². The van der Waals surface area contributed by atoms with Gasteiger partial charge in [-0.25, -0.2) is 4.79 Å². The SMILES string of the molecule is CCOC(=O)[C@H](C)NC(=O)/C=C/c1ccc(C(C)C)cc1. The smallest absolute Gasteiger partial charge is 0.328 e. The van der Waals surface area contributed by atoms with Crippen molar-refractivity contribution in [1.82, 2.24) is 5.32 Å². The predicted molar refractivity (Wildman–Crippen MR) is 83.8 cm³/mol. The summed E-state index contributed by atoms with van der Waals surface area (Å²) in [5, 5.41) is 2.56. The summed E-state index contributed by atoms with van der Waals surface area (Å²) in [4.78, 5) is 23.1. The van der Waals surface area contributed by atoms with Crippen LogP contribution in [0.3, 0.4) is 0 Å². The first-order valence-corrected chi connectivity index (χ1v) is 7.19. The molecule has 114 valence electrons. The molecule has 0 bridgehead atoms. The molecule has 1 aromatic rings. The second-order valence-electron chi connectivity index (χ2n) is 5.14. The maximum absolute atomic E-state index is 11.7. The molecule has 4 nitrogen and oxygen atoms in total. The van der Waals surface area contributed by atoms with Crippen molar-refractivity contribution in [3.8, 4) is 0 Å². The fourth-order valence-electron chi connectivity index (χ4n) is 1.75. The first kappa shape index (κ1) is 17.0. The van der Waals surface area contributed by atoms with Crippen molar-refractivity contribution in [2.75, 3.05) is 6.61 Å². The van der Waals surface area contributed by atoms with E-state index < -0.39 is 12.0 Å². The van der Waals surface area contributed by atoms with Gasteiger partial charge in [0.2, 0.25) is 5.91 Å². The maximum atomic E-state index is 11.7. The lowest BCUT2D eigenvalue weighted by Crippen LogP contribution is -2.38. The van der Waals surface area contributed by atoms with Gasteiger partial charge >= 0.3 is 5.97 Å². The van der Waals surface area contributed by atoms with Crippen LogP contribution >= 0.6 is 0 Å². The highest BCUT2D eigenvalue weighted by Crippen LogP contribution is 2.15. The van der Waals surface area contributed by atoms with Gasteiger partial charge in [0, 0.05) is 6.08 Å². The summed E-state index contributed by atoms with van der Waals surface area (Å²) < 4.78 is 4.83. The normalized spacial score (nSPS) is 12.4. The summed E-state index contributed by atoms with van der Waals surface area (Å²) in [5.74, 6) is -0.263. The second-order valence-corrected chi connectivity index (χ2v) is 5.14. The molecule has 0 fully saturated rings. The van der Waals surface area contributed by atoms with Gasteiger partial charge < -0.3 is 10.1 Å². The molecular weight excluding hydrogens is 266 g/mol. The van der Waals surface area contributed by atoms with Gasteiger partial charge in [-0.3, -0.25) is 4.79 Å². The fraction of sp³-hybridized carbons (Fsp3) is 0.412. The third-order valence-electron chi connectivity index (χ3n) is 3.03. The Bertz CT molecular complexity index is 503. The van der Waals surface area contributed by atoms with E-state index in [0.29, 0.717) is 12.5 Å². The van der Waals surface area contributed by atoms with Gasteiger partial charge in [0.25, 0.3) is 0 Å². The first-order chi connectivity index (χ1) is 9.93. The third kappa shape index (κ3) is 5.81. The van der Waals surface area contributed by atoms with Gasteiger partial charge in [-0.1, -0.05) is 38.1 Å². The molecule has 0 aliphatic rings. The summed E-state index contributed by atoms with van der Waals surface area (Å²) in [6, 6.07) is 7.37. The Morgan fingerprint density at radius 3 is 2.33 bits per heavy atom. The van der Waals surface area contributed by atoms with Crippen LogP contribution in [0.25, 0.3) is 6.08 Å². The molecule has 4 heteroatoms. The number of hydrogen-bond acceptors (Lipinski definition) is 3. The highest BCUT2D eigenvalue weighted by molar-refractivity contribution is 5.94. The van der Waals surface area contributed by atoms with E-state index >= 15 is 0 Å². The van der Waals surface area contributed by atoms with Crippen LogP contribution in [0.2, 0.25) is 0 Å². The lowest BCUT2D eigenvalue weighted by Gasteiger charge is -2.10. The van der Waals surface area contributed by atoms with Crippen LogP contribution < -0.4 is 5.32 Å². The molecule has 0 aliphatic heterocycles. The van der Waals surface area contributed by atoms with E-state index in [-0.39, 0.29) is 5.91 Å². The Hall–Kier alpha value is -2.10. The van der Waals surface area contributed by atoms with Gasteiger partial charge in [0.1, 0.15) is 6.04 Å². The molecule has 0 saturated heterocycles. The second kappa shape index (κ2) is 8.25. The van der Waals surface area contributed by atoms with Gasteiger partial charge in [-0.2, -0.15) is 0 Å². The molecule has 0 heterocycles. The molecule has 1 rings (SSSR count). The number of rotatable bonds is 6. The summed E-state index contributed by atoms with van der Waals surface area (Å²) in [6.45, 7) is 7.90. The van der Waals surface area contributed by atoms with Crippen LogP contribution in [0.5, 0.6) is 0 Å². The van der Waals surface area contributed by atoms with E-state index in [4.69, 9.17) is 4.74 Å². The monoisotopic (exact) mass is 289 g/mol. The minimum atomic E-state index is -0.648. The Morgan fingerprint density at radius 2 is 1.81 bits per heavy atom. The van der Waals surface area contributed by atoms with Crippen LogP contribution in [0.15, 0.2) is 30.3 Å². The van der Waals surface area contributed by atoms with Crippen LogP contribution in [0, 0.1) is 0 Å². The van der Waals surface area contributed by atoms with Crippen molar-refractivity contribution >= 4 is 18.0 Å². The number of ether oxygens (including phenoxy) is 1. The molecular formula is C17H23NO3. The average molecular weight is 289 g/mol. The molecule has 1 aromatic carbocycles. The molecule has 0 spiro atoms. The summed E-state index contributed by atoms with van der Waals surface area (Å²) in [7, 11) is 0. The van der Waals surface area contributed by atoms with Crippen molar-refractivity contribution in [2.45, 2.75) is 39.7 Å². The number of nitrogens with one attached hydrogen (secondary N) is 1. The van der Waals surface area contributed by atoms with Crippen molar-refractivity contribution in [3.05, 3.63) is 41.5 Å². The van der Waals surface area contributed by atoms with Crippen molar-refractivity contribution < 1.29 is 14.3 Å². The lowest BCUT2D eigenvalue weighted by atomic mass is 10.0. The van der Waals surface area contributed by atoms with Crippen molar-refractivity contribution in [3.63, 3.8) is 0 Å². The van der Waals surface area contributed by atoms with Crippen molar-refractivity contribution in [1.29, 1.82) is 0 Å². The van der Waals surface area contributed by atoms with E-state index in [1.165, 1.54) is 11.6 Å². The molecule has 1 amide bonds. The van der Waals surface area contributed by atoms with E-state index in [0.717, 1.165) is 5.56 Å². The zero-order chi connectivity index (χ0) is 15.8. The maximum Gasteiger partial charge on any atom is 0.328 e. The number of carbonyl (C=O) groups excluding carboxylic acids is 2. The zero-order valence-corrected chi connectivity index (χ0v) is 13.1. The Labute approximate surface area is 126 Å². The number of hydrogen-bond donors (Lipinski definition) is 1. The van der Waals surface area contributed by atoms with Crippen LogP contribution in [-0.4, -0.2) is 24.5 Å². The molecule has 1 atom stereocenters. The van der Waals surface area contributed by atoms with E-state index in [1.807, 2.05) is 24.3 Å². The number of esters is 1. The van der Waals surface area contributed by atoms with E-state index in [9.17, 15) is 9.59 Å². The van der Waals surface area contributed by atoms with Crippen LogP contribution in [0.4, 0.5) is 0 Å². The molecule has 0 radical (unpaired) electrons. The molecule has 0 aromatic heterocycles. The van der Waals surface area contributed by atoms with E-state index in [1.54, 1.807) is 19.9 Å². The van der Waals surface area contributed by atoms with Gasteiger partial charge in [0.05, 0.1) is 6.61 Å². The fourth-order valence-corrected chi connectivity index (χ4v) is 1.75. The standard InChI is InChI=1S/C17H23NO3/c1-5-21-17(20)13(4)18-16(19)11-8-14-6-9-15(10-7-14)12(2)3/h6-13H,5H2,1-4H3,(H,18,19)/b11-8+/t13-/m0/s1. The highest BCUT2D eigenvalue weighted by atomic mass is 16.5. The number of carbonyl (C=O) groups is 2. The minimum Gasteiger partial charge on any atom is -0.464 e. The topological polar surface area (TPSA) is 55.4 Å². The minimum absolute atomic E-state index is 0.303. The van der Waals surface area contributed by atoms with Gasteiger partial charge in [-0.15, -0.1) is 0 Å². The highest BCUT2D eigenvalue weighted by Gasteiger charge is 2.14. The Balaban J connectivity index is 2.55. The quantitative estimate of drug-likeness (QED) is 0.647. The lowest BCUT2D eigenvalue weighted by molar-refractivity contribution is -0.146. The number of benzene rings is 1. The first-order valence-electron chi connectivity index (χ1n) is 7.19. The van der Waals surface area contributed by atoms with Gasteiger partial charge in [0.15, 0.2) is 0 Å². The molecule has 0 saturated carbocycles. The van der Waals surface area contributed by atoms with Gasteiger partial charge in [-0.05, 0) is 37.0 Å². The summed E-state index contributed by atoms with van der Waals surface area (Å²) in [5.41, 5.74) is 2.20. The predicted octanol–water partition coefficient (Wildman–Crippen LogP) is 2.89. The number of amides is 1. The molecule has 0 unspecified atom stereocenters. The molecule has 0 aliphatic carbocycles. The van der Waals surface area contributed by atoms with Crippen LogP contribution in [0.1, 0.15) is 44.7 Å². The van der Waals surface area contributed by atoms with E-state index in [2.05, 4.69) is 19.2 Å². The molecule has 21 heavy (non-hydrogen) atoms. The largest absolute Gasteiger partial charge is 0.464 e. The molecule has 1 N–H and O–H groups in total. The summed E-state index contributed by atoms with van der Waals surface area (Å²) in [6.07, 6.45) is 3.14. The van der Waals surface area contributed by atoms with Crippen LogP contribution in [-0.2, 0) is 14.3 Å². The Morgan fingerprint density at radius 1 is 1.19 bits per heavy atom. The zero-order valence-electron chi connectivity index (χ0n) is 13.1.